The quantitative estimate of drug-likeness (QED) is 0.654. The summed E-state index contributed by atoms with van der Waals surface area (Å²) in [5.74, 6) is -0.277. The number of alkyl carbamates (subject to hydrolysis) is 1. The molecule has 0 bridgehead atoms. The van der Waals surface area contributed by atoms with Gasteiger partial charge in [0.2, 0.25) is 0 Å². The van der Waals surface area contributed by atoms with E-state index in [1.165, 1.54) is 0 Å². The summed E-state index contributed by atoms with van der Waals surface area (Å²) in [6.45, 7) is 5.89. The minimum Gasteiger partial charge on any atom is -0.444 e. The van der Waals surface area contributed by atoms with Crippen LogP contribution in [0.1, 0.15) is 31.1 Å². The average Bonchev–Trinajstić information content (AvgIpc) is 2.78. The monoisotopic (exact) mass is 352 g/mol. The number of amides is 2. The largest absolute Gasteiger partial charge is 0.444 e. The smallest absolute Gasteiger partial charge is 0.407 e. The number of nitrogens with zero attached hydrogens (tertiary/aromatic N) is 2. The van der Waals surface area contributed by atoms with Gasteiger partial charge in [-0.15, -0.1) is 0 Å². The first-order valence-corrected chi connectivity index (χ1v) is 7.92. The molecule has 0 atom stereocenters. The summed E-state index contributed by atoms with van der Waals surface area (Å²) in [5, 5.41) is 5.64. The Bertz CT molecular complexity index is 765. The number of rotatable bonds is 4. The lowest BCUT2D eigenvalue weighted by Crippen LogP contribution is -2.37. The highest BCUT2D eigenvalue weighted by atomic mass is 35.5. The molecule has 0 saturated heterocycles. The molecule has 0 aliphatic carbocycles. The number of nitrogens with one attached hydrogen (secondary N) is 2. The van der Waals surface area contributed by atoms with Crippen molar-refractivity contribution in [3.63, 3.8) is 0 Å². The van der Waals surface area contributed by atoms with Crippen molar-refractivity contribution in [2.24, 2.45) is 7.05 Å². The van der Waals surface area contributed by atoms with Gasteiger partial charge in [0.15, 0.2) is 0 Å². The Hall–Kier alpha value is -2.28. The van der Waals surface area contributed by atoms with E-state index in [0.29, 0.717) is 16.2 Å². The molecule has 0 fully saturated rings. The van der Waals surface area contributed by atoms with Gasteiger partial charge in [0.05, 0.1) is 11.1 Å². The second-order valence-electron chi connectivity index (χ2n) is 6.34. The van der Waals surface area contributed by atoms with Crippen LogP contribution in [0.3, 0.4) is 0 Å². The fourth-order valence-electron chi connectivity index (χ4n) is 2.15. The standard InChI is InChI=1S/C16H21ClN4O3/c1-16(2,3)24-15(23)19-8-7-18-14(22)10-9-21(4)11-5-6-12(17)20-13(10)11/h5-6,9H,7-8H2,1-4H3,(H,18,22)(H,19,23). The lowest BCUT2D eigenvalue weighted by molar-refractivity contribution is 0.0526. The number of hydrogen-bond acceptors (Lipinski definition) is 4. The molecule has 0 spiro atoms. The van der Waals surface area contributed by atoms with Gasteiger partial charge >= 0.3 is 6.09 Å². The third-order valence-electron chi connectivity index (χ3n) is 3.12. The highest BCUT2D eigenvalue weighted by Crippen LogP contribution is 2.20. The van der Waals surface area contributed by atoms with Gasteiger partial charge in [-0.2, -0.15) is 0 Å². The highest BCUT2D eigenvalue weighted by Gasteiger charge is 2.17. The van der Waals surface area contributed by atoms with Crippen molar-refractivity contribution in [2.75, 3.05) is 13.1 Å². The SMILES string of the molecule is Cn1cc(C(=O)NCCNC(=O)OC(C)(C)C)c2nc(Cl)ccc21. The summed E-state index contributed by atoms with van der Waals surface area (Å²) >= 11 is 5.91. The maximum atomic E-state index is 12.3. The number of aryl methyl sites for hydroxylation is 1. The van der Waals surface area contributed by atoms with Crippen molar-refractivity contribution in [3.05, 3.63) is 29.0 Å². The molecule has 130 valence electrons. The molecule has 0 unspecified atom stereocenters. The zero-order chi connectivity index (χ0) is 17.9. The van der Waals surface area contributed by atoms with Gasteiger partial charge in [0, 0.05) is 26.3 Å². The van der Waals surface area contributed by atoms with E-state index < -0.39 is 11.7 Å². The van der Waals surface area contributed by atoms with Crippen LogP contribution in [0.25, 0.3) is 11.0 Å². The lowest BCUT2D eigenvalue weighted by atomic mass is 10.2. The molecular formula is C16H21ClN4O3. The number of pyridine rings is 1. The summed E-state index contributed by atoms with van der Waals surface area (Å²) in [4.78, 5) is 28.0. The second kappa shape index (κ2) is 7.09. The van der Waals surface area contributed by atoms with E-state index >= 15 is 0 Å². The third kappa shape index (κ3) is 4.61. The Morgan fingerprint density at radius 3 is 2.58 bits per heavy atom. The molecule has 0 aliphatic heterocycles. The van der Waals surface area contributed by atoms with Gasteiger partial charge in [0.1, 0.15) is 16.3 Å². The zero-order valence-electron chi connectivity index (χ0n) is 14.1. The van der Waals surface area contributed by atoms with E-state index in [1.54, 1.807) is 33.0 Å². The van der Waals surface area contributed by atoms with Gasteiger partial charge in [-0.05, 0) is 32.9 Å². The minimum absolute atomic E-state index is 0.263. The fourth-order valence-corrected chi connectivity index (χ4v) is 2.30. The van der Waals surface area contributed by atoms with E-state index in [9.17, 15) is 9.59 Å². The first-order chi connectivity index (χ1) is 11.2. The number of halogens is 1. The molecule has 0 aromatic carbocycles. The molecular weight excluding hydrogens is 332 g/mol. The summed E-state index contributed by atoms with van der Waals surface area (Å²) in [7, 11) is 1.83. The molecule has 24 heavy (non-hydrogen) atoms. The summed E-state index contributed by atoms with van der Waals surface area (Å²) in [6.07, 6.45) is 1.18. The molecule has 0 saturated carbocycles. The minimum atomic E-state index is -0.554. The third-order valence-corrected chi connectivity index (χ3v) is 3.33. The molecule has 8 heteroatoms. The Kier molecular flexibility index (Phi) is 5.33. The van der Waals surface area contributed by atoms with Gasteiger partial charge in [0.25, 0.3) is 5.91 Å². The van der Waals surface area contributed by atoms with Crippen LogP contribution in [0.15, 0.2) is 18.3 Å². The first-order valence-electron chi connectivity index (χ1n) is 7.54. The van der Waals surface area contributed by atoms with Crippen molar-refractivity contribution in [1.29, 1.82) is 0 Å². The lowest BCUT2D eigenvalue weighted by Gasteiger charge is -2.19. The van der Waals surface area contributed by atoms with Crippen LogP contribution in [0, 0.1) is 0 Å². The molecule has 2 rings (SSSR count). The molecule has 7 nitrogen and oxygen atoms in total. The molecule has 0 aliphatic rings. The number of fused-ring (bicyclic) bond motifs is 1. The van der Waals surface area contributed by atoms with Crippen LogP contribution in [-0.2, 0) is 11.8 Å². The van der Waals surface area contributed by atoms with Gasteiger partial charge < -0.3 is 19.9 Å². The van der Waals surface area contributed by atoms with Gasteiger partial charge in [-0.25, -0.2) is 9.78 Å². The van der Waals surface area contributed by atoms with Crippen molar-refractivity contribution < 1.29 is 14.3 Å². The number of hydrogen-bond donors (Lipinski definition) is 2. The van der Waals surface area contributed by atoms with Crippen LogP contribution in [0.2, 0.25) is 5.15 Å². The highest BCUT2D eigenvalue weighted by molar-refractivity contribution is 6.30. The van der Waals surface area contributed by atoms with E-state index in [2.05, 4.69) is 15.6 Å². The van der Waals surface area contributed by atoms with E-state index in [0.717, 1.165) is 5.52 Å². The number of carbonyl (C=O) groups excluding carboxylic acids is 2. The maximum Gasteiger partial charge on any atom is 0.407 e. The van der Waals surface area contributed by atoms with E-state index in [1.807, 2.05) is 17.7 Å². The Balaban J connectivity index is 1.92. The Morgan fingerprint density at radius 1 is 1.25 bits per heavy atom. The average molecular weight is 353 g/mol. The maximum absolute atomic E-state index is 12.3. The molecule has 2 heterocycles. The molecule has 0 radical (unpaired) electrons. The zero-order valence-corrected chi connectivity index (χ0v) is 14.9. The van der Waals surface area contributed by atoms with Crippen LogP contribution < -0.4 is 10.6 Å². The van der Waals surface area contributed by atoms with E-state index in [4.69, 9.17) is 16.3 Å². The topological polar surface area (TPSA) is 85.2 Å². The van der Waals surface area contributed by atoms with Crippen molar-refractivity contribution in [1.82, 2.24) is 20.2 Å². The summed E-state index contributed by atoms with van der Waals surface area (Å²) in [5.41, 5.74) is 1.24. The van der Waals surface area contributed by atoms with Crippen LogP contribution in [-0.4, -0.2) is 40.2 Å². The molecule has 2 aromatic heterocycles. The Labute approximate surface area is 145 Å². The van der Waals surface area contributed by atoms with Crippen molar-refractivity contribution >= 4 is 34.6 Å². The second-order valence-corrected chi connectivity index (χ2v) is 6.73. The van der Waals surface area contributed by atoms with Crippen molar-refractivity contribution in [3.8, 4) is 0 Å². The number of aromatic nitrogens is 2. The normalized spacial score (nSPS) is 11.4. The summed E-state index contributed by atoms with van der Waals surface area (Å²) < 4.78 is 6.92. The molecule has 2 amide bonds. The fraction of sp³-hybridized carbons (Fsp3) is 0.438. The molecule has 2 aromatic rings. The van der Waals surface area contributed by atoms with Crippen LogP contribution >= 0.6 is 11.6 Å². The number of ether oxygens (including phenoxy) is 1. The first kappa shape index (κ1) is 18.1. The molecule has 2 N–H and O–H groups in total. The van der Waals surface area contributed by atoms with Gasteiger partial charge in [-0.1, -0.05) is 11.6 Å². The number of carbonyl (C=O) groups is 2. The predicted molar refractivity (Wildman–Crippen MR) is 92.3 cm³/mol. The Morgan fingerprint density at radius 2 is 1.92 bits per heavy atom. The van der Waals surface area contributed by atoms with Crippen molar-refractivity contribution in [2.45, 2.75) is 26.4 Å². The predicted octanol–water partition coefficient (Wildman–Crippen LogP) is 2.48. The van der Waals surface area contributed by atoms with Crippen LogP contribution in [0.5, 0.6) is 0 Å². The van der Waals surface area contributed by atoms with Gasteiger partial charge in [-0.3, -0.25) is 4.79 Å². The van der Waals surface area contributed by atoms with E-state index in [-0.39, 0.29) is 19.0 Å². The summed E-state index contributed by atoms with van der Waals surface area (Å²) in [6, 6.07) is 3.49. The van der Waals surface area contributed by atoms with Crippen LogP contribution in [0.4, 0.5) is 4.79 Å².